The molecule has 2 aliphatic rings. The standard InChI is InChI=1S/C15H16N2O4/c1-21-10-8-13(18)16(9-10)6-7-17-14(19)11-4-2-3-5-12(11)15(17)20/h2-5,10H,6-9H2,1H3. The lowest BCUT2D eigenvalue weighted by Crippen LogP contribution is -2.39. The predicted molar refractivity (Wildman–Crippen MR) is 73.8 cm³/mol. The van der Waals surface area contributed by atoms with Crippen molar-refractivity contribution in [3.63, 3.8) is 0 Å². The molecule has 3 amide bonds. The number of imide groups is 1. The summed E-state index contributed by atoms with van der Waals surface area (Å²) in [4.78, 5) is 39.0. The van der Waals surface area contributed by atoms with E-state index in [1.807, 2.05) is 0 Å². The van der Waals surface area contributed by atoms with Crippen molar-refractivity contribution in [2.45, 2.75) is 12.5 Å². The van der Waals surface area contributed by atoms with Crippen LogP contribution in [0.3, 0.4) is 0 Å². The number of carbonyl (C=O) groups is 3. The largest absolute Gasteiger partial charge is 0.379 e. The maximum atomic E-state index is 12.2. The molecule has 3 rings (SSSR count). The van der Waals surface area contributed by atoms with Crippen molar-refractivity contribution in [2.24, 2.45) is 0 Å². The summed E-state index contributed by atoms with van der Waals surface area (Å²) in [5.74, 6) is -0.575. The van der Waals surface area contributed by atoms with Crippen LogP contribution in [0.2, 0.25) is 0 Å². The summed E-state index contributed by atoms with van der Waals surface area (Å²) in [6.07, 6.45) is 0.262. The SMILES string of the molecule is COC1CC(=O)N(CCN2C(=O)c3ccccc3C2=O)C1. The van der Waals surface area contributed by atoms with Gasteiger partial charge < -0.3 is 9.64 Å². The van der Waals surface area contributed by atoms with Gasteiger partial charge in [0.15, 0.2) is 0 Å². The molecule has 6 heteroatoms. The number of hydrogen-bond donors (Lipinski definition) is 0. The van der Waals surface area contributed by atoms with Crippen molar-refractivity contribution >= 4 is 17.7 Å². The lowest BCUT2D eigenvalue weighted by molar-refractivity contribution is -0.127. The van der Waals surface area contributed by atoms with Crippen LogP contribution in [0.25, 0.3) is 0 Å². The summed E-state index contributed by atoms with van der Waals surface area (Å²) in [7, 11) is 1.58. The Morgan fingerprint density at radius 3 is 2.24 bits per heavy atom. The Morgan fingerprint density at radius 2 is 1.71 bits per heavy atom. The summed E-state index contributed by atoms with van der Waals surface area (Å²) in [5, 5.41) is 0. The van der Waals surface area contributed by atoms with Crippen LogP contribution in [-0.2, 0) is 9.53 Å². The van der Waals surface area contributed by atoms with Crippen LogP contribution >= 0.6 is 0 Å². The number of methoxy groups -OCH3 is 1. The number of carbonyl (C=O) groups excluding carboxylic acids is 3. The Labute approximate surface area is 122 Å². The van der Waals surface area contributed by atoms with E-state index in [1.165, 1.54) is 4.90 Å². The first kappa shape index (κ1) is 13.8. The molecule has 1 saturated heterocycles. The van der Waals surface area contributed by atoms with E-state index in [1.54, 1.807) is 36.3 Å². The van der Waals surface area contributed by atoms with E-state index in [0.29, 0.717) is 30.6 Å². The van der Waals surface area contributed by atoms with Gasteiger partial charge in [0.25, 0.3) is 11.8 Å². The average Bonchev–Trinajstić information content (AvgIpc) is 2.97. The van der Waals surface area contributed by atoms with Gasteiger partial charge in [0.05, 0.1) is 23.7 Å². The summed E-state index contributed by atoms with van der Waals surface area (Å²) in [6.45, 7) is 1.08. The van der Waals surface area contributed by atoms with E-state index in [4.69, 9.17) is 4.74 Å². The molecule has 0 saturated carbocycles. The Bertz CT molecular complexity index is 578. The van der Waals surface area contributed by atoms with Gasteiger partial charge in [-0.15, -0.1) is 0 Å². The van der Waals surface area contributed by atoms with Gasteiger partial charge in [0.1, 0.15) is 0 Å². The Morgan fingerprint density at radius 1 is 1.10 bits per heavy atom. The van der Waals surface area contributed by atoms with E-state index < -0.39 is 0 Å². The molecule has 1 atom stereocenters. The topological polar surface area (TPSA) is 66.9 Å². The van der Waals surface area contributed by atoms with Crippen LogP contribution in [0.5, 0.6) is 0 Å². The molecule has 0 radical (unpaired) electrons. The first-order chi connectivity index (χ1) is 10.1. The molecule has 0 aromatic heterocycles. The van der Waals surface area contributed by atoms with Crippen LogP contribution in [0.4, 0.5) is 0 Å². The number of hydrogen-bond acceptors (Lipinski definition) is 4. The van der Waals surface area contributed by atoms with E-state index in [2.05, 4.69) is 0 Å². The monoisotopic (exact) mass is 288 g/mol. The highest BCUT2D eigenvalue weighted by atomic mass is 16.5. The van der Waals surface area contributed by atoms with Crippen molar-refractivity contribution in [1.82, 2.24) is 9.80 Å². The molecule has 0 N–H and O–H groups in total. The van der Waals surface area contributed by atoms with Crippen molar-refractivity contribution < 1.29 is 19.1 Å². The number of fused-ring (bicyclic) bond motifs is 1. The first-order valence-electron chi connectivity index (χ1n) is 6.87. The zero-order valence-electron chi connectivity index (χ0n) is 11.7. The van der Waals surface area contributed by atoms with Gasteiger partial charge in [-0.3, -0.25) is 19.3 Å². The Kier molecular flexibility index (Phi) is 3.47. The van der Waals surface area contributed by atoms with Gasteiger partial charge in [0, 0.05) is 26.7 Å². The van der Waals surface area contributed by atoms with Crippen LogP contribution in [0.1, 0.15) is 27.1 Å². The minimum atomic E-state index is -0.287. The van der Waals surface area contributed by atoms with Gasteiger partial charge >= 0.3 is 0 Å². The minimum absolute atomic E-state index is 0.00143. The maximum absolute atomic E-state index is 12.2. The second-order valence-corrected chi connectivity index (χ2v) is 5.21. The van der Waals surface area contributed by atoms with E-state index in [-0.39, 0.29) is 30.4 Å². The van der Waals surface area contributed by atoms with E-state index in [0.717, 1.165) is 0 Å². The van der Waals surface area contributed by atoms with Gasteiger partial charge in [-0.1, -0.05) is 12.1 Å². The smallest absolute Gasteiger partial charge is 0.261 e. The highest BCUT2D eigenvalue weighted by molar-refractivity contribution is 6.21. The number of likely N-dealkylation sites (tertiary alicyclic amines) is 1. The summed E-state index contributed by atoms with van der Waals surface area (Å²) >= 11 is 0. The van der Waals surface area contributed by atoms with Gasteiger partial charge in [-0.25, -0.2) is 0 Å². The fraction of sp³-hybridized carbons (Fsp3) is 0.400. The molecule has 1 aromatic rings. The van der Waals surface area contributed by atoms with Crippen LogP contribution in [0.15, 0.2) is 24.3 Å². The molecular formula is C15H16N2O4. The highest BCUT2D eigenvalue weighted by Gasteiger charge is 2.36. The highest BCUT2D eigenvalue weighted by Crippen LogP contribution is 2.22. The predicted octanol–water partition coefficient (Wildman–Crippen LogP) is 0.530. The number of rotatable bonds is 4. The molecule has 2 heterocycles. The van der Waals surface area contributed by atoms with Gasteiger partial charge in [-0.05, 0) is 12.1 Å². The minimum Gasteiger partial charge on any atom is -0.379 e. The summed E-state index contributed by atoms with van der Waals surface area (Å²) in [6, 6.07) is 6.77. The van der Waals surface area contributed by atoms with E-state index in [9.17, 15) is 14.4 Å². The quantitative estimate of drug-likeness (QED) is 0.758. The second-order valence-electron chi connectivity index (χ2n) is 5.21. The molecule has 1 unspecified atom stereocenters. The maximum Gasteiger partial charge on any atom is 0.261 e. The molecule has 21 heavy (non-hydrogen) atoms. The average molecular weight is 288 g/mol. The van der Waals surface area contributed by atoms with Crippen molar-refractivity contribution in [3.05, 3.63) is 35.4 Å². The Hall–Kier alpha value is -2.21. The van der Waals surface area contributed by atoms with Crippen molar-refractivity contribution in [1.29, 1.82) is 0 Å². The molecule has 6 nitrogen and oxygen atoms in total. The number of amides is 3. The summed E-state index contributed by atoms with van der Waals surface area (Å²) in [5.41, 5.74) is 0.870. The van der Waals surface area contributed by atoms with Crippen molar-refractivity contribution in [3.8, 4) is 0 Å². The third-order valence-corrected chi connectivity index (χ3v) is 3.98. The number of benzene rings is 1. The lowest BCUT2D eigenvalue weighted by Gasteiger charge is -2.20. The fourth-order valence-corrected chi connectivity index (χ4v) is 2.77. The molecule has 1 aromatic carbocycles. The number of nitrogens with zero attached hydrogens (tertiary/aromatic N) is 2. The van der Waals surface area contributed by atoms with Crippen LogP contribution < -0.4 is 0 Å². The van der Waals surface area contributed by atoms with Crippen LogP contribution in [-0.4, -0.2) is 60.4 Å². The third kappa shape index (κ3) is 2.31. The van der Waals surface area contributed by atoms with Crippen molar-refractivity contribution in [2.75, 3.05) is 26.7 Å². The molecule has 110 valence electrons. The summed E-state index contributed by atoms with van der Waals surface area (Å²) < 4.78 is 5.17. The normalized spacial score (nSPS) is 21.4. The molecule has 0 aliphatic carbocycles. The Balaban J connectivity index is 1.66. The second kappa shape index (κ2) is 5.29. The van der Waals surface area contributed by atoms with E-state index >= 15 is 0 Å². The zero-order chi connectivity index (χ0) is 15.0. The molecule has 0 bridgehead atoms. The first-order valence-corrected chi connectivity index (χ1v) is 6.87. The molecule has 1 fully saturated rings. The van der Waals surface area contributed by atoms with Crippen LogP contribution in [0, 0.1) is 0 Å². The molecule has 2 aliphatic heterocycles. The van der Waals surface area contributed by atoms with Gasteiger partial charge in [-0.2, -0.15) is 0 Å². The zero-order valence-corrected chi connectivity index (χ0v) is 11.7. The lowest BCUT2D eigenvalue weighted by atomic mass is 10.1. The molecular weight excluding hydrogens is 272 g/mol. The third-order valence-electron chi connectivity index (χ3n) is 3.98. The fourth-order valence-electron chi connectivity index (χ4n) is 2.77. The molecule has 0 spiro atoms. The number of ether oxygens (including phenoxy) is 1. The van der Waals surface area contributed by atoms with Gasteiger partial charge in [0.2, 0.25) is 5.91 Å².